The van der Waals surface area contributed by atoms with Crippen molar-refractivity contribution in [3.05, 3.63) is 94.3 Å². The van der Waals surface area contributed by atoms with E-state index < -0.39 is 16.4 Å². The highest BCUT2D eigenvalue weighted by molar-refractivity contribution is 7.22. The van der Waals surface area contributed by atoms with Crippen molar-refractivity contribution < 1.29 is 18.8 Å². The lowest BCUT2D eigenvalue weighted by Gasteiger charge is -2.20. The van der Waals surface area contributed by atoms with Crippen molar-refractivity contribution in [2.45, 2.75) is 6.42 Å². The first-order valence-corrected chi connectivity index (χ1v) is 10.6. The van der Waals surface area contributed by atoms with E-state index in [-0.39, 0.29) is 18.3 Å². The Kier molecular flexibility index (Phi) is 6.37. The van der Waals surface area contributed by atoms with Crippen LogP contribution in [-0.4, -0.2) is 29.0 Å². The van der Waals surface area contributed by atoms with Gasteiger partial charge in [0.1, 0.15) is 5.75 Å². The summed E-state index contributed by atoms with van der Waals surface area (Å²) >= 11 is 1.40. The zero-order chi connectivity index (χ0) is 22.5. The number of carbonyl (C=O) groups excluding carboxylic acids is 1. The second-order valence-electron chi connectivity index (χ2n) is 6.90. The minimum atomic E-state index is -1.02. The van der Waals surface area contributed by atoms with E-state index in [9.17, 15) is 19.3 Å². The average Bonchev–Trinajstić information content (AvgIpc) is 3.22. The van der Waals surface area contributed by atoms with Crippen LogP contribution < -0.4 is 9.64 Å². The molecule has 162 valence electrons. The lowest BCUT2D eigenvalue weighted by atomic mass is 10.1. The second-order valence-corrected chi connectivity index (χ2v) is 7.91. The van der Waals surface area contributed by atoms with Gasteiger partial charge in [-0.15, -0.1) is 0 Å². The number of carbonyl (C=O) groups is 1. The monoisotopic (exact) mass is 451 g/mol. The van der Waals surface area contributed by atoms with E-state index in [2.05, 4.69) is 4.98 Å². The van der Waals surface area contributed by atoms with Crippen molar-refractivity contribution in [3.8, 4) is 5.75 Å². The molecule has 7 nitrogen and oxygen atoms in total. The molecule has 0 bridgehead atoms. The molecule has 0 atom stereocenters. The molecule has 1 aromatic heterocycles. The normalized spacial score (nSPS) is 10.8. The maximum absolute atomic E-state index is 13.9. The van der Waals surface area contributed by atoms with E-state index >= 15 is 0 Å². The fraction of sp³-hybridized carbons (Fsp3) is 0.130. The number of anilines is 1. The van der Waals surface area contributed by atoms with Crippen LogP contribution in [0.2, 0.25) is 0 Å². The molecule has 0 unspecified atom stereocenters. The van der Waals surface area contributed by atoms with Gasteiger partial charge in [0.15, 0.2) is 11.7 Å². The van der Waals surface area contributed by atoms with Gasteiger partial charge in [0.05, 0.1) is 15.1 Å². The molecule has 0 aliphatic carbocycles. The molecule has 9 heteroatoms. The molecule has 3 aromatic carbocycles. The molecular formula is C23H18FN3O4S. The minimum absolute atomic E-state index is 0.0359. The van der Waals surface area contributed by atoms with Crippen LogP contribution in [-0.2, 0) is 11.2 Å². The molecule has 0 saturated carbocycles. The molecule has 1 amide bonds. The van der Waals surface area contributed by atoms with E-state index in [0.29, 0.717) is 18.1 Å². The number of halogens is 1. The van der Waals surface area contributed by atoms with Crippen LogP contribution in [0.5, 0.6) is 5.75 Å². The van der Waals surface area contributed by atoms with Gasteiger partial charge in [0, 0.05) is 18.7 Å². The number of hydrogen-bond donors (Lipinski definition) is 0. The smallest absolute Gasteiger partial charge is 0.305 e. The number of benzene rings is 3. The van der Waals surface area contributed by atoms with Crippen molar-refractivity contribution in [2.24, 2.45) is 0 Å². The summed E-state index contributed by atoms with van der Waals surface area (Å²) in [5, 5.41) is 11.3. The van der Waals surface area contributed by atoms with Gasteiger partial charge < -0.3 is 4.74 Å². The molecule has 0 aliphatic rings. The fourth-order valence-corrected chi connectivity index (χ4v) is 4.15. The maximum atomic E-state index is 13.9. The van der Waals surface area contributed by atoms with E-state index in [1.54, 1.807) is 4.90 Å². The number of fused-ring (bicyclic) bond motifs is 1. The van der Waals surface area contributed by atoms with Crippen molar-refractivity contribution in [1.82, 2.24) is 4.98 Å². The summed E-state index contributed by atoms with van der Waals surface area (Å²) in [5.74, 6) is -1.33. The number of nitrogens with zero attached hydrogens (tertiary/aromatic N) is 3. The molecule has 0 aliphatic heterocycles. The third-order valence-electron chi connectivity index (χ3n) is 4.76. The zero-order valence-corrected chi connectivity index (χ0v) is 17.6. The maximum Gasteiger partial charge on any atom is 0.305 e. The molecule has 0 spiro atoms. The van der Waals surface area contributed by atoms with E-state index in [4.69, 9.17) is 4.74 Å². The van der Waals surface area contributed by atoms with Crippen LogP contribution in [0.4, 0.5) is 15.2 Å². The summed E-state index contributed by atoms with van der Waals surface area (Å²) in [6, 6.07) is 20.6. The number of rotatable bonds is 8. The molecule has 0 fully saturated rings. The van der Waals surface area contributed by atoms with Gasteiger partial charge in [-0.3, -0.25) is 19.8 Å². The summed E-state index contributed by atoms with van der Waals surface area (Å²) in [6.45, 7) is 0.0304. The highest BCUT2D eigenvalue weighted by Crippen LogP contribution is 2.29. The number of amides is 1. The van der Waals surface area contributed by atoms with Crippen LogP contribution in [0.15, 0.2) is 72.8 Å². The number of para-hydroxylation sites is 1. The molecule has 0 N–H and O–H groups in total. The summed E-state index contributed by atoms with van der Waals surface area (Å²) < 4.78 is 20.2. The highest BCUT2D eigenvalue weighted by Gasteiger charge is 2.21. The van der Waals surface area contributed by atoms with Crippen molar-refractivity contribution in [3.63, 3.8) is 0 Å². The van der Waals surface area contributed by atoms with E-state index in [1.807, 2.05) is 54.6 Å². The van der Waals surface area contributed by atoms with E-state index in [0.717, 1.165) is 27.9 Å². The first-order valence-electron chi connectivity index (χ1n) is 9.78. The van der Waals surface area contributed by atoms with Gasteiger partial charge in [-0.05, 0) is 30.2 Å². The molecule has 0 saturated heterocycles. The SMILES string of the molecule is O=C(COc1ccc([N+](=O)[O-])c(F)c1)N(CCc1ccccc1)c1nc2ccccc2s1. The largest absolute Gasteiger partial charge is 0.484 e. The Balaban J connectivity index is 1.52. The standard InChI is InChI=1S/C23H18FN3O4S/c24-18-14-17(10-11-20(18)27(29)30)31-15-22(28)26(13-12-16-6-2-1-3-7-16)23-25-19-8-4-5-9-21(19)32-23/h1-11,14H,12-13,15H2. The fourth-order valence-electron chi connectivity index (χ4n) is 3.14. The van der Waals surface area contributed by atoms with Crippen molar-refractivity contribution in [2.75, 3.05) is 18.1 Å². The van der Waals surface area contributed by atoms with Gasteiger partial charge in [-0.25, -0.2) is 4.98 Å². The Labute approximate surface area is 186 Å². The average molecular weight is 451 g/mol. The van der Waals surface area contributed by atoms with Crippen LogP contribution in [0.3, 0.4) is 0 Å². The van der Waals surface area contributed by atoms with Crippen LogP contribution >= 0.6 is 11.3 Å². The van der Waals surface area contributed by atoms with Crippen LogP contribution in [0, 0.1) is 15.9 Å². The minimum Gasteiger partial charge on any atom is -0.484 e. The second kappa shape index (κ2) is 9.52. The summed E-state index contributed by atoms with van der Waals surface area (Å²) in [6.07, 6.45) is 0.620. The summed E-state index contributed by atoms with van der Waals surface area (Å²) in [5.41, 5.74) is 1.22. The zero-order valence-electron chi connectivity index (χ0n) is 16.8. The number of aromatic nitrogens is 1. The molecule has 0 radical (unpaired) electrons. The number of thiazole rings is 1. The Bertz CT molecular complexity index is 1230. The van der Waals surface area contributed by atoms with Crippen LogP contribution in [0.1, 0.15) is 5.56 Å². The molecule has 4 rings (SSSR count). The lowest BCUT2D eigenvalue weighted by molar-refractivity contribution is -0.387. The predicted octanol–water partition coefficient (Wildman–Crippen LogP) is 5.00. The molecule has 32 heavy (non-hydrogen) atoms. The van der Waals surface area contributed by atoms with Gasteiger partial charge in [0.2, 0.25) is 5.82 Å². The predicted molar refractivity (Wildman–Crippen MR) is 121 cm³/mol. The highest BCUT2D eigenvalue weighted by atomic mass is 32.1. The van der Waals surface area contributed by atoms with E-state index in [1.165, 1.54) is 17.4 Å². The third-order valence-corrected chi connectivity index (χ3v) is 5.82. The van der Waals surface area contributed by atoms with Crippen molar-refractivity contribution in [1.29, 1.82) is 0 Å². The summed E-state index contributed by atoms with van der Waals surface area (Å²) in [4.78, 5) is 29.1. The number of ether oxygens (including phenoxy) is 1. The molecule has 4 aromatic rings. The third kappa shape index (κ3) is 4.89. The molecular weight excluding hydrogens is 433 g/mol. The van der Waals surface area contributed by atoms with Gasteiger partial charge in [-0.1, -0.05) is 53.8 Å². The number of hydrogen-bond acceptors (Lipinski definition) is 6. The summed E-state index contributed by atoms with van der Waals surface area (Å²) in [7, 11) is 0. The number of nitro groups is 1. The van der Waals surface area contributed by atoms with Gasteiger partial charge in [0.25, 0.3) is 5.91 Å². The topological polar surface area (TPSA) is 85.6 Å². The van der Waals surface area contributed by atoms with Crippen LogP contribution in [0.25, 0.3) is 10.2 Å². The number of nitro benzene ring substituents is 1. The molecule has 1 heterocycles. The first-order chi connectivity index (χ1) is 15.5. The first kappa shape index (κ1) is 21.4. The van der Waals surface area contributed by atoms with Crippen molar-refractivity contribution >= 4 is 38.3 Å². The Morgan fingerprint density at radius 3 is 2.56 bits per heavy atom. The Hall–Kier alpha value is -3.85. The van der Waals surface area contributed by atoms with Gasteiger partial charge >= 0.3 is 5.69 Å². The quantitative estimate of drug-likeness (QED) is 0.278. The lowest BCUT2D eigenvalue weighted by Crippen LogP contribution is -2.36. The Morgan fingerprint density at radius 1 is 1.09 bits per heavy atom. The Morgan fingerprint density at radius 2 is 1.84 bits per heavy atom. The van der Waals surface area contributed by atoms with Gasteiger partial charge in [-0.2, -0.15) is 4.39 Å².